The molecule has 2 heterocycles. The Kier molecular flexibility index (Phi) is 5.71. The van der Waals surface area contributed by atoms with E-state index in [1.54, 1.807) is 11.1 Å². The minimum Gasteiger partial charge on any atom is -0.391 e. The zero-order valence-electron chi connectivity index (χ0n) is 17.1. The third-order valence-corrected chi connectivity index (χ3v) is 8.35. The van der Waals surface area contributed by atoms with Crippen molar-refractivity contribution in [3.8, 4) is 0 Å². The van der Waals surface area contributed by atoms with Gasteiger partial charge in [0.1, 0.15) is 0 Å². The molecule has 2 aliphatic heterocycles. The fourth-order valence-corrected chi connectivity index (χ4v) is 6.26. The number of fused-ring (bicyclic) bond motifs is 2. The van der Waals surface area contributed by atoms with Crippen molar-refractivity contribution in [2.75, 3.05) is 26.2 Å². The molecule has 5 rings (SSSR count). The van der Waals surface area contributed by atoms with Crippen LogP contribution in [0.3, 0.4) is 0 Å². The highest BCUT2D eigenvalue weighted by molar-refractivity contribution is 14.1. The number of hydrogen-bond acceptors (Lipinski definition) is 3. The summed E-state index contributed by atoms with van der Waals surface area (Å²) in [4.78, 5) is 5.13. The zero-order valence-corrected chi connectivity index (χ0v) is 19.2. The summed E-state index contributed by atoms with van der Waals surface area (Å²) in [6.45, 7) is 5.21. The molecular weight excluding hydrogens is 471 g/mol. The van der Waals surface area contributed by atoms with E-state index in [9.17, 15) is 5.11 Å². The van der Waals surface area contributed by atoms with Crippen LogP contribution in [0, 0.1) is 3.57 Å². The van der Waals surface area contributed by atoms with Gasteiger partial charge in [-0.25, -0.2) is 0 Å². The molecule has 0 aromatic heterocycles. The molecular formula is C25H31IN2O. The van der Waals surface area contributed by atoms with Gasteiger partial charge >= 0.3 is 0 Å². The number of nitrogens with zero attached hydrogens (tertiary/aromatic N) is 2. The molecule has 2 aromatic carbocycles. The van der Waals surface area contributed by atoms with Gasteiger partial charge in [0.25, 0.3) is 0 Å². The van der Waals surface area contributed by atoms with Crippen LogP contribution in [0.1, 0.15) is 42.4 Å². The molecule has 3 nitrogen and oxygen atoms in total. The van der Waals surface area contributed by atoms with E-state index in [0.717, 1.165) is 39.1 Å². The van der Waals surface area contributed by atoms with Gasteiger partial charge in [-0.2, -0.15) is 0 Å². The van der Waals surface area contributed by atoms with Crippen LogP contribution in [0.25, 0.3) is 0 Å². The van der Waals surface area contributed by atoms with Gasteiger partial charge < -0.3 is 5.11 Å². The van der Waals surface area contributed by atoms with Gasteiger partial charge in [-0.05, 0) is 102 Å². The van der Waals surface area contributed by atoms with E-state index in [0.29, 0.717) is 5.41 Å². The number of halogens is 1. The molecule has 0 bridgehead atoms. The molecule has 1 aliphatic carbocycles. The minimum atomic E-state index is -0.187. The first-order chi connectivity index (χ1) is 14.1. The van der Waals surface area contributed by atoms with E-state index in [1.165, 1.54) is 34.8 Å². The van der Waals surface area contributed by atoms with Crippen LogP contribution in [0.5, 0.6) is 0 Å². The lowest BCUT2D eigenvalue weighted by Gasteiger charge is -2.47. The second-order valence-corrected chi connectivity index (χ2v) is 10.5. The lowest BCUT2D eigenvalue weighted by Crippen LogP contribution is -2.57. The average molecular weight is 502 g/mol. The highest BCUT2D eigenvalue weighted by Gasteiger charge is 2.43. The Morgan fingerprint density at radius 3 is 2.52 bits per heavy atom. The number of aliphatic hydroxyl groups is 1. The molecule has 3 aliphatic rings. The Bertz CT molecular complexity index is 844. The maximum atomic E-state index is 10.8. The Balaban J connectivity index is 1.23. The van der Waals surface area contributed by atoms with E-state index in [-0.39, 0.29) is 12.1 Å². The molecule has 0 amide bonds. The predicted molar refractivity (Wildman–Crippen MR) is 126 cm³/mol. The van der Waals surface area contributed by atoms with Crippen LogP contribution in [-0.4, -0.2) is 53.2 Å². The van der Waals surface area contributed by atoms with E-state index >= 15 is 0 Å². The molecule has 0 saturated carbocycles. The van der Waals surface area contributed by atoms with E-state index in [1.807, 2.05) is 0 Å². The molecule has 2 unspecified atom stereocenters. The van der Waals surface area contributed by atoms with Gasteiger partial charge in [0.05, 0.1) is 6.10 Å². The summed E-state index contributed by atoms with van der Waals surface area (Å²) in [5.41, 5.74) is 4.96. The largest absolute Gasteiger partial charge is 0.391 e. The summed E-state index contributed by atoms with van der Waals surface area (Å²) in [5.74, 6) is 0. The smallest absolute Gasteiger partial charge is 0.0720 e. The van der Waals surface area contributed by atoms with Crippen molar-refractivity contribution in [1.82, 2.24) is 9.80 Å². The molecule has 1 spiro atoms. The van der Waals surface area contributed by atoms with Crippen LogP contribution < -0.4 is 0 Å². The van der Waals surface area contributed by atoms with Gasteiger partial charge in [0.2, 0.25) is 0 Å². The lowest BCUT2D eigenvalue weighted by atomic mass is 9.73. The number of hydrogen-bond donors (Lipinski definition) is 1. The number of aliphatic hydroxyl groups excluding tert-OH is 1. The van der Waals surface area contributed by atoms with E-state index < -0.39 is 0 Å². The number of aryl methyl sites for hydroxylation is 1. The summed E-state index contributed by atoms with van der Waals surface area (Å²) in [6.07, 6.45) is 5.74. The molecule has 0 radical (unpaired) electrons. The molecule has 1 N–H and O–H groups in total. The number of rotatable bonds is 3. The highest BCUT2D eigenvalue weighted by atomic mass is 127. The standard InChI is InChI=1S/C25H31IN2O/c26-21-7-5-19(6-8-21)17-27-14-10-24(29)23(18-27)28-15-12-25(13-16-28)11-9-20-3-1-2-4-22(20)25/h1-8,23-24,29H,9-18H2. The van der Waals surface area contributed by atoms with Crippen molar-refractivity contribution in [3.63, 3.8) is 0 Å². The van der Waals surface area contributed by atoms with Crippen LogP contribution in [0.4, 0.5) is 0 Å². The number of piperidine rings is 2. The Hall–Kier alpha value is -0.950. The summed E-state index contributed by atoms with van der Waals surface area (Å²) in [5, 5.41) is 10.8. The van der Waals surface area contributed by atoms with Crippen molar-refractivity contribution in [2.45, 2.75) is 56.2 Å². The molecule has 2 saturated heterocycles. The summed E-state index contributed by atoms with van der Waals surface area (Å²) < 4.78 is 1.29. The van der Waals surface area contributed by atoms with Crippen molar-refractivity contribution in [3.05, 3.63) is 68.8 Å². The topological polar surface area (TPSA) is 26.7 Å². The van der Waals surface area contributed by atoms with Crippen LogP contribution in [-0.2, 0) is 18.4 Å². The second-order valence-electron chi connectivity index (χ2n) is 9.26. The van der Waals surface area contributed by atoms with Gasteiger partial charge in [-0.15, -0.1) is 0 Å². The predicted octanol–water partition coefficient (Wildman–Crippen LogP) is 4.21. The van der Waals surface area contributed by atoms with E-state index in [2.05, 4.69) is 80.9 Å². The number of likely N-dealkylation sites (tertiary alicyclic amines) is 2. The Morgan fingerprint density at radius 1 is 0.966 bits per heavy atom. The molecule has 2 atom stereocenters. The van der Waals surface area contributed by atoms with E-state index in [4.69, 9.17) is 0 Å². The third kappa shape index (κ3) is 4.01. The first kappa shape index (κ1) is 20.0. The second kappa shape index (κ2) is 8.29. The van der Waals surface area contributed by atoms with Gasteiger partial charge in [0.15, 0.2) is 0 Å². The lowest BCUT2D eigenvalue weighted by molar-refractivity contribution is -0.0285. The van der Waals surface area contributed by atoms with Crippen LogP contribution >= 0.6 is 22.6 Å². The van der Waals surface area contributed by atoms with Crippen molar-refractivity contribution >= 4 is 22.6 Å². The Morgan fingerprint density at radius 2 is 1.72 bits per heavy atom. The highest BCUT2D eigenvalue weighted by Crippen LogP contribution is 2.46. The maximum absolute atomic E-state index is 10.8. The van der Waals surface area contributed by atoms with Gasteiger partial charge in [0, 0.05) is 29.2 Å². The molecule has 2 fully saturated rings. The normalized spacial score (nSPS) is 27.2. The Labute approximate surface area is 188 Å². The molecule has 154 valence electrons. The quantitative estimate of drug-likeness (QED) is 0.638. The van der Waals surface area contributed by atoms with Gasteiger partial charge in [-0.3, -0.25) is 9.80 Å². The maximum Gasteiger partial charge on any atom is 0.0720 e. The van der Waals surface area contributed by atoms with Crippen molar-refractivity contribution < 1.29 is 5.11 Å². The first-order valence-corrected chi connectivity index (χ1v) is 12.2. The fourth-order valence-electron chi connectivity index (χ4n) is 5.90. The summed E-state index contributed by atoms with van der Waals surface area (Å²) in [6, 6.07) is 18.2. The molecule has 2 aromatic rings. The molecule has 29 heavy (non-hydrogen) atoms. The third-order valence-electron chi connectivity index (χ3n) is 7.64. The SMILES string of the molecule is OC1CCN(Cc2ccc(I)cc2)CC1N1CCC2(CCc3ccccc32)CC1. The van der Waals surface area contributed by atoms with Crippen molar-refractivity contribution in [1.29, 1.82) is 0 Å². The summed E-state index contributed by atoms with van der Waals surface area (Å²) >= 11 is 2.36. The minimum absolute atomic E-state index is 0.187. The zero-order chi connectivity index (χ0) is 19.8. The first-order valence-electron chi connectivity index (χ1n) is 11.1. The van der Waals surface area contributed by atoms with Crippen LogP contribution in [0.15, 0.2) is 48.5 Å². The van der Waals surface area contributed by atoms with Gasteiger partial charge in [-0.1, -0.05) is 36.4 Å². The average Bonchev–Trinajstić information content (AvgIpc) is 3.10. The fraction of sp³-hybridized carbons (Fsp3) is 0.520. The molecule has 4 heteroatoms. The monoisotopic (exact) mass is 502 g/mol. The summed E-state index contributed by atoms with van der Waals surface area (Å²) in [7, 11) is 0. The van der Waals surface area contributed by atoms with Crippen LogP contribution in [0.2, 0.25) is 0 Å². The number of benzene rings is 2. The van der Waals surface area contributed by atoms with Crippen molar-refractivity contribution in [2.24, 2.45) is 0 Å².